The van der Waals surface area contributed by atoms with Crippen LogP contribution in [-0.2, 0) is 0 Å². The van der Waals surface area contributed by atoms with Crippen LogP contribution in [0.5, 0.6) is 0 Å². The minimum absolute atomic E-state index is 0.266. The van der Waals surface area contributed by atoms with Crippen LogP contribution in [0.25, 0.3) is 0 Å². The fraction of sp³-hybridized carbons (Fsp3) is 0.125. The van der Waals surface area contributed by atoms with E-state index in [1.807, 2.05) is 18.2 Å². The van der Waals surface area contributed by atoms with E-state index in [2.05, 4.69) is 41.1 Å². The summed E-state index contributed by atoms with van der Waals surface area (Å²) in [7, 11) is 0. The van der Waals surface area contributed by atoms with E-state index in [-0.39, 0.29) is 11.6 Å². The molecule has 3 rings (SSSR count). The lowest BCUT2D eigenvalue weighted by molar-refractivity contribution is 0.0950. The Morgan fingerprint density at radius 1 is 0.880 bits per heavy atom. The number of pyridine rings is 1. The molecular weight excluding hydrogens is 320 g/mol. The SMILES string of the molecule is O=C(NCCNc1ccc(Nc2ccncc2)nn1)c1cnccn1. The van der Waals surface area contributed by atoms with E-state index >= 15 is 0 Å². The van der Waals surface area contributed by atoms with E-state index in [0.717, 1.165) is 5.69 Å². The molecule has 0 aliphatic carbocycles. The van der Waals surface area contributed by atoms with Gasteiger partial charge in [0.05, 0.1) is 6.20 Å². The molecule has 0 saturated heterocycles. The summed E-state index contributed by atoms with van der Waals surface area (Å²) < 4.78 is 0. The number of nitrogens with zero attached hydrogens (tertiary/aromatic N) is 5. The largest absolute Gasteiger partial charge is 0.367 e. The molecule has 0 spiro atoms. The van der Waals surface area contributed by atoms with Gasteiger partial charge in [-0.15, -0.1) is 10.2 Å². The van der Waals surface area contributed by atoms with Crippen molar-refractivity contribution in [2.45, 2.75) is 0 Å². The summed E-state index contributed by atoms with van der Waals surface area (Å²) in [6.45, 7) is 0.936. The number of carbonyl (C=O) groups is 1. The average Bonchev–Trinajstić information content (AvgIpc) is 2.68. The lowest BCUT2D eigenvalue weighted by atomic mass is 10.4. The topological polar surface area (TPSA) is 118 Å². The Morgan fingerprint density at radius 2 is 1.68 bits per heavy atom. The zero-order chi connectivity index (χ0) is 17.3. The van der Waals surface area contributed by atoms with Gasteiger partial charge in [0.25, 0.3) is 5.91 Å². The maximum absolute atomic E-state index is 11.8. The standard InChI is InChI=1S/C16H16N8O/c25-16(13-11-18-7-8-19-13)21-10-9-20-14-1-2-15(24-23-14)22-12-3-5-17-6-4-12/h1-8,11H,9-10H2,(H,20,23)(H,21,25)(H,17,22,24). The predicted octanol–water partition coefficient (Wildman–Crippen LogP) is 1.25. The van der Waals surface area contributed by atoms with Gasteiger partial charge in [0, 0.05) is 43.6 Å². The summed E-state index contributed by atoms with van der Waals surface area (Å²) in [4.78, 5) is 23.5. The van der Waals surface area contributed by atoms with E-state index in [1.54, 1.807) is 18.5 Å². The lowest BCUT2D eigenvalue weighted by Crippen LogP contribution is -2.29. The van der Waals surface area contributed by atoms with Crippen molar-refractivity contribution in [1.29, 1.82) is 0 Å². The number of aromatic nitrogens is 5. The highest BCUT2D eigenvalue weighted by atomic mass is 16.1. The van der Waals surface area contributed by atoms with Gasteiger partial charge in [-0.25, -0.2) is 4.98 Å². The number of amides is 1. The van der Waals surface area contributed by atoms with E-state index < -0.39 is 0 Å². The normalized spacial score (nSPS) is 10.1. The van der Waals surface area contributed by atoms with Gasteiger partial charge in [0.15, 0.2) is 5.82 Å². The lowest BCUT2D eigenvalue weighted by Gasteiger charge is -2.08. The smallest absolute Gasteiger partial charge is 0.271 e. The molecule has 9 heteroatoms. The van der Waals surface area contributed by atoms with Gasteiger partial charge in [-0.1, -0.05) is 0 Å². The molecule has 3 N–H and O–H groups in total. The van der Waals surface area contributed by atoms with E-state index in [1.165, 1.54) is 18.6 Å². The quantitative estimate of drug-likeness (QED) is 0.552. The predicted molar refractivity (Wildman–Crippen MR) is 92.4 cm³/mol. The van der Waals surface area contributed by atoms with Gasteiger partial charge in [0.1, 0.15) is 11.5 Å². The molecule has 0 aliphatic rings. The Morgan fingerprint density at radius 3 is 2.40 bits per heavy atom. The second kappa shape index (κ2) is 8.29. The van der Waals surface area contributed by atoms with Crippen molar-refractivity contribution in [2.24, 2.45) is 0 Å². The molecular formula is C16H16N8O. The first-order chi connectivity index (χ1) is 12.3. The average molecular weight is 336 g/mol. The number of hydrogen-bond acceptors (Lipinski definition) is 8. The molecule has 25 heavy (non-hydrogen) atoms. The van der Waals surface area contributed by atoms with Gasteiger partial charge >= 0.3 is 0 Å². The van der Waals surface area contributed by atoms with Crippen LogP contribution in [-0.4, -0.2) is 44.1 Å². The van der Waals surface area contributed by atoms with Crippen molar-refractivity contribution in [2.75, 3.05) is 23.7 Å². The molecule has 0 radical (unpaired) electrons. The van der Waals surface area contributed by atoms with Crippen LogP contribution in [0.15, 0.2) is 55.2 Å². The maximum Gasteiger partial charge on any atom is 0.271 e. The molecule has 0 atom stereocenters. The molecule has 0 bridgehead atoms. The summed E-state index contributed by atoms with van der Waals surface area (Å²) in [5.41, 5.74) is 1.17. The molecule has 0 aromatic carbocycles. The molecule has 0 fully saturated rings. The van der Waals surface area contributed by atoms with Crippen molar-refractivity contribution in [3.8, 4) is 0 Å². The fourth-order valence-corrected chi connectivity index (χ4v) is 1.95. The van der Waals surface area contributed by atoms with Crippen LogP contribution in [0.4, 0.5) is 17.3 Å². The Balaban J connectivity index is 1.42. The van der Waals surface area contributed by atoms with E-state index in [4.69, 9.17) is 0 Å². The maximum atomic E-state index is 11.8. The third-order valence-electron chi connectivity index (χ3n) is 3.13. The first kappa shape index (κ1) is 16.2. The first-order valence-corrected chi connectivity index (χ1v) is 7.60. The van der Waals surface area contributed by atoms with Crippen LogP contribution in [0.2, 0.25) is 0 Å². The van der Waals surface area contributed by atoms with Crippen LogP contribution < -0.4 is 16.0 Å². The second-order valence-corrected chi connectivity index (χ2v) is 4.94. The molecule has 0 aliphatic heterocycles. The van der Waals surface area contributed by atoms with Gasteiger partial charge in [-0.2, -0.15) is 0 Å². The highest BCUT2D eigenvalue weighted by Gasteiger charge is 2.05. The van der Waals surface area contributed by atoms with Gasteiger partial charge in [-0.05, 0) is 24.3 Å². The Bertz CT molecular complexity index is 795. The number of carbonyl (C=O) groups excluding carboxylic acids is 1. The highest BCUT2D eigenvalue weighted by molar-refractivity contribution is 5.91. The zero-order valence-corrected chi connectivity index (χ0v) is 13.3. The highest BCUT2D eigenvalue weighted by Crippen LogP contribution is 2.13. The van der Waals surface area contributed by atoms with Crippen molar-refractivity contribution in [1.82, 2.24) is 30.5 Å². The molecule has 0 saturated carbocycles. The number of rotatable bonds is 7. The van der Waals surface area contributed by atoms with Crippen molar-refractivity contribution in [3.63, 3.8) is 0 Å². The molecule has 3 aromatic rings. The summed E-state index contributed by atoms with van der Waals surface area (Å²) >= 11 is 0. The molecule has 3 heterocycles. The van der Waals surface area contributed by atoms with Crippen LogP contribution in [0, 0.1) is 0 Å². The Labute approximate surface area is 144 Å². The molecule has 1 amide bonds. The van der Waals surface area contributed by atoms with Crippen LogP contribution >= 0.6 is 0 Å². The van der Waals surface area contributed by atoms with Gasteiger partial charge in [-0.3, -0.25) is 14.8 Å². The number of nitrogens with one attached hydrogen (secondary N) is 3. The fourth-order valence-electron chi connectivity index (χ4n) is 1.95. The van der Waals surface area contributed by atoms with Crippen molar-refractivity contribution >= 4 is 23.2 Å². The van der Waals surface area contributed by atoms with E-state index in [0.29, 0.717) is 24.7 Å². The third kappa shape index (κ3) is 4.93. The van der Waals surface area contributed by atoms with Gasteiger partial charge < -0.3 is 16.0 Å². The molecule has 0 unspecified atom stereocenters. The number of hydrogen-bond donors (Lipinski definition) is 3. The first-order valence-electron chi connectivity index (χ1n) is 7.60. The van der Waals surface area contributed by atoms with Crippen molar-refractivity contribution in [3.05, 3.63) is 60.9 Å². The minimum Gasteiger partial charge on any atom is -0.367 e. The van der Waals surface area contributed by atoms with Crippen LogP contribution in [0.3, 0.4) is 0 Å². The minimum atomic E-state index is -0.266. The third-order valence-corrected chi connectivity index (χ3v) is 3.13. The van der Waals surface area contributed by atoms with Gasteiger partial charge in [0.2, 0.25) is 0 Å². The number of anilines is 3. The Hall–Kier alpha value is -3.62. The monoisotopic (exact) mass is 336 g/mol. The van der Waals surface area contributed by atoms with E-state index in [9.17, 15) is 4.79 Å². The zero-order valence-electron chi connectivity index (χ0n) is 13.3. The summed E-state index contributed by atoms with van der Waals surface area (Å²) in [5, 5.41) is 17.1. The van der Waals surface area contributed by atoms with Crippen molar-refractivity contribution < 1.29 is 4.79 Å². The Kier molecular flexibility index (Phi) is 5.39. The molecule has 9 nitrogen and oxygen atoms in total. The van der Waals surface area contributed by atoms with Crippen LogP contribution in [0.1, 0.15) is 10.5 Å². The molecule has 3 aromatic heterocycles. The summed E-state index contributed by atoms with van der Waals surface area (Å²) in [5.74, 6) is 0.986. The summed E-state index contributed by atoms with van der Waals surface area (Å²) in [6, 6.07) is 7.30. The summed E-state index contributed by atoms with van der Waals surface area (Å²) in [6.07, 6.45) is 7.80. The molecule has 126 valence electrons. The second-order valence-electron chi connectivity index (χ2n) is 4.94.